The Kier molecular flexibility index (Phi) is 6.47. The molecule has 12 heteroatoms. The molecule has 0 aliphatic heterocycles. The average Bonchev–Trinajstić information content (AvgIpc) is 3.31. The van der Waals surface area contributed by atoms with Crippen LogP contribution in [-0.4, -0.2) is 33.9 Å². The molecule has 38 heavy (non-hydrogen) atoms. The third kappa shape index (κ3) is 4.64. The Morgan fingerprint density at radius 3 is 2.71 bits per heavy atom. The lowest BCUT2D eigenvalue weighted by atomic mass is 10.2. The molecule has 0 saturated carbocycles. The number of hydrogen-bond donors (Lipinski definition) is 0. The van der Waals surface area contributed by atoms with Crippen LogP contribution in [0.1, 0.15) is 12.5 Å². The molecule has 5 aromatic rings. The number of rotatable bonds is 6. The van der Waals surface area contributed by atoms with E-state index in [1.165, 1.54) is 19.4 Å². The van der Waals surface area contributed by atoms with Crippen LogP contribution < -0.4 is 15.0 Å². The van der Waals surface area contributed by atoms with E-state index >= 15 is 0 Å². The first-order chi connectivity index (χ1) is 18.2. The maximum atomic E-state index is 13.5. The number of halogens is 1. The number of aromatic nitrogens is 2. The Morgan fingerprint density at radius 2 is 1.97 bits per heavy atom. The Labute approximate surface area is 222 Å². The fourth-order valence-corrected chi connectivity index (χ4v) is 4.23. The van der Waals surface area contributed by atoms with E-state index in [0.29, 0.717) is 22.2 Å². The number of ether oxygens (including phenoxy) is 2. The summed E-state index contributed by atoms with van der Waals surface area (Å²) in [6, 6.07) is 16.6. The monoisotopic (exact) mass is 576 g/mol. The van der Waals surface area contributed by atoms with E-state index in [2.05, 4.69) is 26.0 Å². The summed E-state index contributed by atoms with van der Waals surface area (Å²) >= 11 is 3.43. The third-order valence-corrected chi connectivity index (χ3v) is 5.99. The number of para-hydroxylation sites is 1. The van der Waals surface area contributed by atoms with Crippen molar-refractivity contribution in [3.8, 4) is 23.1 Å². The molecule has 190 valence electrons. The summed E-state index contributed by atoms with van der Waals surface area (Å²) in [6.07, 6.45) is 1.24. The van der Waals surface area contributed by atoms with E-state index in [-0.39, 0.29) is 22.9 Å². The molecule has 0 atom stereocenters. The van der Waals surface area contributed by atoms with Gasteiger partial charge in [0, 0.05) is 28.4 Å². The smallest absolute Gasteiger partial charge is 0.316 e. The minimum absolute atomic E-state index is 0.0529. The van der Waals surface area contributed by atoms with Crippen LogP contribution in [0.25, 0.3) is 33.5 Å². The molecule has 3 aromatic carbocycles. The summed E-state index contributed by atoms with van der Waals surface area (Å²) in [5.74, 6) is -0.699. The molecule has 0 spiro atoms. The summed E-state index contributed by atoms with van der Waals surface area (Å²) in [7, 11) is 1.28. The van der Waals surface area contributed by atoms with Crippen molar-refractivity contribution in [2.75, 3.05) is 7.11 Å². The molecular weight excluding hydrogens is 560 g/mol. The van der Waals surface area contributed by atoms with Gasteiger partial charge in [-0.15, -0.1) is 0 Å². The molecule has 0 radical (unpaired) electrons. The molecule has 2 heterocycles. The highest BCUT2D eigenvalue weighted by atomic mass is 79.9. The maximum absolute atomic E-state index is 13.5. The van der Waals surface area contributed by atoms with Gasteiger partial charge in [0.1, 0.15) is 5.58 Å². The molecule has 5 rings (SSSR count). The maximum Gasteiger partial charge on any atom is 0.316 e. The molecule has 0 unspecified atom stereocenters. The number of carbonyl (C=O) groups is 1. The van der Waals surface area contributed by atoms with Gasteiger partial charge < -0.3 is 13.9 Å². The number of nitro groups is 1. The lowest BCUT2D eigenvalue weighted by Crippen LogP contribution is -2.20. The number of nitro benzene ring substituents is 1. The number of nitrogens with zero attached hydrogens (tertiary/aromatic N) is 4. The zero-order valence-corrected chi connectivity index (χ0v) is 21.5. The van der Waals surface area contributed by atoms with E-state index in [0.717, 1.165) is 27.5 Å². The largest absolute Gasteiger partial charge is 0.493 e. The van der Waals surface area contributed by atoms with Crippen LogP contribution in [0.3, 0.4) is 0 Å². The van der Waals surface area contributed by atoms with Gasteiger partial charge in [-0.05, 0) is 42.5 Å². The van der Waals surface area contributed by atoms with E-state index in [1.54, 1.807) is 36.4 Å². The van der Waals surface area contributed by atoms with Crippen molar-refractivity contribution >= 4 is 55.7 Å². The number of methoxy groups -OCH3 is 1. The van der Waals surface area contributed by atoms with Crippen LogP contribution in [0.4, 0.5) is 5.69 Å². The normalized spacial score (nSPS) is 11.3. The van der Waals surface area contributed by atoms with Gasteiger partial charge in [0.2, 0.25) is 11.6 Å². The highest BCUT2D eigenvalue weighted by molar-refractivity contribution is 9.10. The molecule has 0 amide bonds. The lowest BCUT2D eigenvalue weighted by molar-refractivity contribution is -0.385. The first kappa shape index (κ1) is 24.8. The van der Waals surface area contributed by atoms with Crippen molar-refractivity contribution in [3.63, 3.8) is 0 Å². The van der Waals surface area contributed by atoms with Gasteiger partial charge in [0.15, 0.2) is 11.5 Å². The van der Waals surface area contributed by atoms with Gasteiger partial charge in [-0.25, -0.2) is 4.98 Å². The zero-order valence-electron chi connectivity index (χ0n) is 19.9. The van der Waals surface area contributed by atoms with E-state index in [4.69, 9.17) is 13.9 Å². The molecule has 0 bridgehead atoms. The number of fused-ring (bicyclic) bond motifs is 2. The molecular formula is C26H17BrN4O7. The fraction of sp³-hybridized carbons (Fsp3) is 0.0769. The zero-order chi connectivity index (χ0) is 27.0. The first-order valence-electron chi connectivity index (χ1n) is 11.1. The molecule has 0 aliphatic rings. The van der Waals surface area contributed by atoms with Crippen molar-refractivity contribution in [3.05, 3.63) is 91.2 Å². The van der Waals surface area contributed by atoms with Gasteiger partial charge in [0.05, 0.1) is 29.2 Å². The predicted octanol–water partition coefficient (Wildman–Crippen LogP) is 5.30. The fourth-order valence-electron chi connectivity index (χ4n) is 3.86. The van der Waals surface area contributed by atoms with Crippen LogP contribution in [0.2, 0.25) is 0 Å². The van der Waals surface area contributed by atoms with Gasteiger partial charge in [-0.2, -0.15) is 9.78 Å². The highest BCUT2D eigenvalue weighted by Gasteiger charge is 2.24. The predicted molar refractivity (Wildman–Crippen MR) is 143 cm³/mol. The quantitative estimate of drug-likeness (QED) is 0.0872. The molecule has 0 fully saturated rings. The molecule has 0 aliphatic carbocycles. The Hall–Kier alpha value is -4.84. The van der Waals surface area contributed by atoms with Crippen molar-refractivity contribution < 1.29 is 23.6 Å². The van der Waals surface area contributed by atoms with Crippen molar-refractivity contribution in [2.45, 2.75) is 6.92 Å². The number of benzene rings is 3. The van der Waals surface area contributed by atoms with Gasteiger partial charge in [0.25, 0.3) is 5.56 Å². The average molecular weight is 577 g/mol. The van der Waals surface area contributed by atoms with Crippen LogP contribution in [0.5, 0.6) is 11.5 Å². The van der Waals surface area contributed by atoms with Gasteiger partial charge in [-0.3, -0.25) is 19.7 Å². The molecule has 0 N–H and O–H groups in total. The summed E-state index contributed by atoms with van der Waals surface area (Å²) in [5.41, 5.74) is 0.268. The molecule has 0 saturated heterocycles. The SMILES string of the molecule is COc1cc(C=Nn2c(-c3cc4cc(Br)ccc4o3)nc3ccccc3c2=O)cc([N+](=O)[O-])c1OC(C)=O. The van der Waals surface area contributed by atoms with Crippen LogP contribution in [0.15, 0.2) is 79.4 Å². The lowest BCUT2D eigenvalue weighted by Gasteiger charge is -2.10. The van der Waals surface area contributed by atoms with E-state index < -0.39 is 22.1 Å². The molecule has 11 nitrogen and oxygen atoms in total. The van der Waals surface area contributed by atoms with Crippen molar-refractivity contribution in [1.29, 1.82) is 0 Å². The number of furan rings is 1. The minimum atomic E-state index is -0.746. The summed E-state index contributed by atoms with van der Waals surface area (Å²) in [6.45, 7) is 1.12. The van der Waals surface area contributed by atoms with Gasteiger partial charge in [-0.1, -0.05) is 28.1 Å². The van der Waals surface area contributed by atoms with Crippen LogP contribution in [0, 0.1) is 10.1 Å². The van der Waals surface area contributed by atoms with Crippen molar-refractivity contribution in [1.82, 2.24) is 9.66 Å². The Bertz CT molecular complexity index is 1840. The third-order valence-electron chi connectivity index (χ3n) is 5.49. The summed E-state index contributed by atoms with van der Waals surface area (Å²) in [5, 5.41) is 17.1. The second kappa shape index (κ2) is 9.90. The number of carbonyl (C=O) groups excluding carboxylic acids is 1. The summed E-state index contributed by atoms with van der Waals surface area (Å²) < 4.78 is 18.1. The summed E-state index contributed by atoms with van der Waals surface area (Å²) in [4.78, 5) is 40.5. The topological polar surface area (TPSA) is 139 Å². The second-order valence-electron chi connectivity index (χ2n) is 8.03. The first-order valence-corrected chi connectivity index (χ1v) is 11.8. The van der Waals surface area contributed by atoms with Crippen LogP contribution >= 0.6 is 15.9 Å². The van der Waals surface area contributed by atoms with E-state index in [9.17, 15) is 19.7 Å². The second-order valence-corrected chi connectivity index (χ2v) is 8.94. The van der Waals surface area contributed by atoms with Gasteiger partial charge >= 0.3 is 11.7 Å². The Balaban J connectivity index is 1.70. The van der Waals surface area contributed by atoms with E-state index in [1.807, 2.05) is 12.1 Å². The standard InChI is InChI=1S/C26H17BrN4O7/c1-14(32)37-24-20(31(34)35)9-15(10-22(24)36-2)13-28-30-25(29-19-6-4-3-5-18(19)26(30)33)23-12-16-11-17(27)7-8-21(16)38-23/h3-13H,1-2H3. The number of hydrogen-bond acceptors (Lipinski definition) is 9. The molecule has 2 aromatic heterocycles. The Morgan fingerprint density at radius 1 is 1.18 bits per heavy atom. The number of esters is 1. The minimum Gasteiger partial charge on any atom is -0.493 e. The van der Waals surface area contributed by atoms with Crippen molar-refractivity contribution in [2.24, 2.45) is 5.10 Å². The highest BCUT2D eigenvalue weighted by Crippen LogP contribution is 2.38. The van der Waals surface area contributed by atoms with Crippen LogP contribution in [-0.2, 0) is 4.79 Å².